The normalized spacial score (nSPS) is 15.9. The van der Waals surface area contributed by atoms with E-state index < -0.39 is 0 Å². The van der Waals surface area contributed by atoms with Gasteiger partial charge in [-0.25, -0.2) is 0 Å². The van der Waals surface area contributed by atoms with Crippen molar-refractivity contribution < 1.29 is 4.79 Å². The molecule has 24 heavy (non-hydrogen) atoms. The summed E-state index contributed by atoms with van der Waals surface area (Å²) in [5.74, 6) is 0.110. The number of unbranched alkanes of at least 4 members (excludes halogenated alkanes) is 2. The Labute approximate surface area is 151 Å². The summed E-state index contributed by atoms with van der Waals surface area (Å²) in [7, 11) is 2.09. The highest BCUT2D eigenvalue weighted by molar-refractivity contribution is 7.80. The maximum Gasteiger partial charge on any atom is 0.229 e. The standard InChI is InChI=1S/C19H29N3OS/c1-3-4-5-6-15-7-9-17(10-8-15)20-19(24)21-18(23)16-11-13-22(2)14-12-16/h7-10,16H,3-6,11-14H2,1-2H3,(H2,20,21,23,24). The van der Waals surface area contributed by atoms with Crippen LogP contribution in [0.25, 0.3) is 0 Å². The zero-order chi connectivity index (χ0) is 17.4. The highest BCUT2D eigenvalue weighted by Gasteiger charge is 2.23. The van der Waals surface area contributed by atoms with Crippen molar-refractivity contribution in [2.75, 3.05) is 25.5 Å². The molecular formula is C19H29N3OS. The number of hydrogen-bond acceptors (Lipinski definition) is 3. The second kappa shape index (κ2) is 9.74. The minimum Gasteiger partial charge on any atom is -0.332 e. The Morgan fingerprint density at radius 3 is 2.50 bits per heavy atom. The number of rotatable bonds is 6. The number of likely N-dealkylation sites (tertiary alicyclic amines) is 1. The van der Waals surface area contributed by atoms with E-state index in [1.54, 1.807) is 0 Å². The quantitative estimate of drug-likeness (QED) is 0.610. The van der Waals surface area contributed by atoms with Crippen LogP contribution >= 0.6 is 12.2 Å². The van der Waals surface area contributed by atoms with Crippen LogP contribution in [0, 0.1) is 5.92 Å². The molecule has 1 aliphatic rings. The van der Waals surface area contributed by atoms with Gasteiger partial charge in [0.05, 0.1) is 0 Å². The Hall–Kier alpha value is -1.46. The Morgan fingerprint density at radius 2 is 1.88 bits per heavy atom. The number of thiocarbonyl (C=S) groups is 1. The first-order chi connectivity index (χ1) is 11.6. The van der Waals surface area contributed by atoms with Gasteiger partial charge in [-0.1, -0.05) is 31.9 Å². The molecule has 0 unspecified atom stereocenters. The molecule has 4 nitrogen and oxygen atoms in total. The third kappa shape index (κ3) is 6.21. The topological polar surface area (TPSA) is 44.4 Å². The van der Waals surface area contributed by atoms with Gasteiger partial charge in [-0.3, -0.25) is 4.79 Å². The third-order valence-corrected chi connectivity index (χ3v) is 4.81. The average Bonchev–Trinajstić information content (AvgIpc) is 2.57. The summed E-state index contributed by atoms with van der Waals surface area (Å²) in [6.07, 6.45) is 6.66. The van der Waals surface area contributed by atoms with Crippen molar-refractivity contribution in [3.8, 4) is 0 Å². The summed E-state index contributed by atoms with van der Waals surface area (Å²) in [6, 6.07) is 8.30. The van der Waals surface area contributed by atoms with Gasteiger partial charge in [-0.2, -0.15) is 0 Å². The second-order valence-corrected chi connectivity index (χ2v) is 7.08. The van der Waals surface area contributed by atoms with E-state index in [4.69, 9.17) is 12.2 Å². The highest BCUT2D eigenvalue weighted by Crippen LogP contribution is 2.16. The molecule has 0 radical (unpaired) electrons. The molecule has 0 aliphatic carbocycles. The van der Waals surface area contributed by atoms with E-state index >= 15 is 0 Å². The molecule has 0 bridgehead atoms. The second-order valence-electron chi connectivity index (χ2n) is 6.67. The molecule has 132 valence electrons. The van der Waals surface area contributed by atoms with Crippen molar-refractivity contribution in [1.82, 2.24) is 10.2 Å². The SMILES string of the molecule is CCCCCc1ccc(NC(=S)NC(=O)C2CCN(C)CC2)cc1. The fraction of sp³-hybridized carbons (Fsp3) is 0.579. The first kappa shape index (κ1) is 18.9. The molecule has 1 aliphatic heterocycles. The van der Waals surface area contributed by atoms with Gasteiger partial charge in [-0.05, 0) is 75.7 Å². The summed E-state index contributed by atoms with van der Waals surface area (Å²) >= 11 is 5.27. The number of amides is 1. The number of nitrogens with zero attached hydrogens (tertiary/aromatic N) is 1. The maximum absolute atomic E-state index is 12.2. The van der Waals surface area contributed by atoms with E-state index in [0.29, 0.717) is 5.11 Å². The van der Waals surface area contributed by atoms with Crippen molar-refractivity contribution in [3.63, 3.8) is 0 Å². The lowest BCUT2D eigenvalue weighted by molar-refractivity contribution is -0.124. The lowest BCUT2D eigenvalue weighted by atomic mass is 9.96. The number of carbonyl (C=O) groups excluding carboxylic acids is 1. The lowest BCUT2D eigenvalue weighted by Gasteiger charge is -2.28. The fourth-order valence-electron chi connectivity index (χ4n) is 2.98. The smallest absolute Gasteiger partial charge is 0.229 e. The summed E-state index contributed by atoms with van der Waals surface area (Å²) in [6.45, 7) is 4.16. The zero-order valence-electron chi connectivity index (χ0n) is 14.8. The van der Waals surface area contributed by atoms with E-state index in [2.05, 4.69) is 41.6 Å². The maximum atomic E-state index is 12.2. The van der Waals surface area contributed by atoms with Crippen molar-refractivity contribution in [2.45, 2.75) is 45.4 Å². The van der Waals surface area contributed by atoms with E-state index in [0.717, 1.165) is 38.0 Å². The predicted molar refractivity (Wildman–Crippen MR) is 104 cm³/mol. The van der Waals surface area contributed by atoms with Crippen LogP contribution in [0.15, 0.2) is 24.3 Å². The van der Waals surface area contributed by atoms with Crippen LogP contribution in [-0.2, 0) is 11.2 Å². The van der Waals surface area contributed by atoms with Gasteiger partial charge in [0.25, 0.3) is 0 Å². The van der Waals surface area contributed by atoms with Crippen LogP contribution in [0.4, 0.5) is 5.69 Å². The number of nitrogens with one attached hydrogen (secondary N) is 2. The van der Waals surface area contributed by atoms with Crippen LogP contribution in [-0.4, -0.2) is 36.1 Å². The van der Waals surface area contributed by atoms with Gasteiger partial charge < -0.3 is 15.5 Å². The van der Waals surface area contributed by atoms with Crippen LogP contribution in [0.5, 0.6) is 0 Å². The van der Waals surface area contributed by atoms with Gasteiger partial charge in [0.15, 0.2) is 5.11 Å². The summed E-state index contributed by atoms with van der Waals surface area (Å²) < 4.78 is 0. The van der Waals surface area contributed by atoms with Crippen molar-refractivity contribution in [2.24, 2.45) is 5.92 Å². The number of carbonyl (C=O) groups is 1. The molecule has 1 fully saturated rings. The highest BCUT2D eigenvalue weighted by atomic mass is 32.1. The number of piperidine rings is 1. The number of anilines is 1. The Balaban J connectivity index is 1.76. The molecule has 1 amide bonds. The molecule has 2 rings (SSSR count). The van der Waals surface area contributed by atoms with Crippen molar-refractivity contribution in [3.05, 3.63) is 29.8 Å². The Bertz CT molecular complexity index is 536. The molecule has 1 heterocycles. The van der Waals surface area contributed by atoms with Crippen LogP contribution in [0.2, 0.25) is 0 Å². The van der Waals surface area contributed by atoms with E-state index in [1.165, 1.54) is 24.8 Å². The zero-order valence-corrected chi connectivity index (χ0v) is 15.6. The third-order valence-electron chi connectivity index (χ3n) is 4.61. The first-order valence-electron chi connectivity index (χ1n) is 8.98. The van der Waals surface area contributed by atoms with Gasteiger partial charge >= 0.3 is 0 Å². The molecule has 5 heteroatoms. The van der Waals surface area contributed by atoms with Crippen molar-refractivity contribution in [1.29, 1.82) is 0 Å². The van der Waals surface area contributed by atoms with E-state index in [9.17, 15) is 4.79 Å². The molecule has 1 saturated heterocycles. The summed E-state index contributed by atoms with van der Waals surface area (Å²) in [5, 5.41) is 6.32. The van der Waals surface area contributed by atoms with Gasteiger partial charge in [-0.15, -0.1) is 0 Å². The molecule has 1 aromatic carbocycles. The molecular weight excluding hydrogens is 318 g/mol. The number of aryl methyl sites for hydroxylation is 1. The van der Waals surface area contributed by atoms with Gasteiger partial charge in [0.2, 0.25) is 5.91 Å². The lowest BCUT2D eigenvalue weighted by Crippen LogP contribution is -2.42. The van der Waals surface area contributed by atoms with Crippen LogP contribution < -0.4 is 10.6 Å². The van der Waals surface area contributed by atoms with Crippen LogP contribution in [0.3, 0.4) is 0 Å². The number of benzene rings is 1. The van der Waals surface area contributed by atoms with Crippen LogP contribution in [0.1, 0.15) is 44.6 Å². The van der Waals surface area contributed by atoms with Gasteiger partial charge in [0.1, 0.15) is 0 Å². The molecule has 0 atom stereocenters. The van der Waals surface area contributed by atoms with E-state index in [-0.39, 0.29) is 11.8 Å². The predicted octanol–water partition coefficient (Wildman–Crippen LogP) is 3.57. The summed E-state index contributed by atoms with van der Waals surface area (Å²) in [4.78, 5) is 14.5. The largest absolute Gasteiger partial charge is 0.332 e. The minimum absolute atomic E-state index is 0.0387. The molecule has 1 aromatic rings. The summed E-state index contributed by atoms with van der Waals surface area (Å²) in [5.41, 5.74) is 2.26. The Kier molecular flexibility index (Phi) is 7.66. The van der Waals surface area contributed by atoms with Crippen molar-refractivity contribution >= 4 is 28.9 Å². The average molecular weight is 348 g/mol. The molecule has 2 N–H and O–H groups in total. The fourth-order valence-corrected chi connectivity index (χ4v) is 3.20. The minimum atomic E-state index is 0.0387. The van der Waals surface area contributed by atoms with Gasteiger partial charge in [0, 0.05) is 11.6 Å². The molecule has 0 spiro atoms. The number of hydrogen-bond donors (Lipinski definition) is 2. The van der Waals surface area contributed by atoms with E-state index in [1.807, 2.05) is 12.1 Å². The Morgan fingerprint density at radius 1 is 1.21 bits per heavy atom. The molecule has 0 aromatic heterocycles. The monoisotopic (exact) mass is 347 g/mol. The first-order valence-corrected chi connectivity index (χ1v) is 9.38. The molecule has 0 saturated carbocycles.